The maximum atomic E-state index is 14.0. The zero-order valence-corrected chi connectivity index (χ0v) is 20.5. The van der Waals surface area contributed by atoms with E-state index in [9.17, 15) is 19.2 Å². The molecule has 11 heteroatoms. The fourth-order valence-corrected chi connectivity index (χ4v) is 4.09. The van der Waals surface area contributed by atoms with Crippen LogP contribution in [0.15, 0.2) is 85.1 Å². The number of carbonyl (C=O) groups is 2. The van der Waals surface area contributed by atoms with Crippen molar-refractivity contribution in [2.24, 2.45) is 0 Å². The predicted molar refractivity (Wildman–Crippen MR) is 138 cm³/mol. The van der Waals surface area contributed by atoms with E-state index in [1.807, 2.05) is 23.1 Å². The Balaban J connectivity index is 1.35. The smallest absolute Gasteiger partial charge is 0.251 e. The molecule has 0 unspecified atom stereocenters. The van der Waals surface area contributed by atoms with Crippen LogP contribution in [0.4, 0.5) is 10.2 Å². The molecule has 0 fully saturated rings. The van der Waals surface area contributed by atoms with Crippen LogP contribution in [0.2, 0.25) is 0 Å². The summed E-state index contributed by atoms with van der Waals surface area (Å²) in [6.45, 7) is 2.24. The highest BCUT2D eigenvalue weighted by molar-refractivity contribution is 5.94. The standard InChI is InChI=1S/C27H24FN7O3/c1-18-17-20(7-8-21(18)28)25-27(35-23(32-25)6-4-12-30-35)34-14-3-2-5-22(34)31-24(36)9-13-29-26(37)19-10-15-33(38)16-11-19/h2-8,10-12,15-17H,9,13-14H2,1H3,(H,29,37)(H,31,36). The average molecular weight is 514 g/mol. The topological polar surface area (TPSA) is 119 Å². The van der Waals surface area contributed by atoms with Crippen LogP contribution in [0.5, 0.6) is 0 Å². The highest BCUT2D eigenvalue weighted by Gasteiger charge is 2.25. The van der Waals surface area contributed by atoms with Gasteiger partial charge in [-0.25, -0.2) is 9.37 Å². The van der Waals surface area contributed by atoms with Crippen molar-refractivity contribution < 1.29 is 18.7 Å². The molecule has 0 bridgehead atoms. The Hall–Kier alpha value is -5.06. The Bertz CT molecular complexity index is 1580. The molecule has 3 aromatic heterocycles. The Labute approximate surface area is 217 Å². The predicted octanol–water partition coefficient (Wildman–Crippen LogP) is 2.63. The molecule has 10 nitrogen and oxygen atoms in total. The monoisotopic (exact) mass is 513 g/mol. The molecule has 0 radical (unpaired) electrons. The number of aryl methyl sites for hydroxylation is 1. The summed E-state index contributed by atoms with van der Waals surface area (Å²) >= 11 is 0. The highest BCUT2D eigenvalue weighted by atomic mass is 19.1. The molecule has 4 heterocycles. The summed E-state index contributed by atoms with van der Waals surface area (Å²) in [5.41, 5.74) is 2.73. The molecular formula is C27H24FN7O3. The van der Waals surface area contributed by atoms with Crippen LogP contribution in [0.3, 0.4) is 0 Å². The molecule has 0 saturated carbocycles. The fourth-order valence-electron chi connectivity index (χ4n) is 4.09. The number of allylic oxidation sites excluding steroid dienone is 2. The lowest BCUT2D eigenvalue weighted by Gasteiger charge is -2.28. The molecule has 0 aliphatic carbocycles. The third-order valence-corrected chi connectivity index (χ3v) is 5.99. The van der Waals surface area contributed by atoms with E-state index in [2.05, 4.69) is 15.7 Å². The normalized spacial score (nSPS) is 12.9. The Morgan fingerprint density at radius 2 is 2.00 bits per heavy atom. The fraction of sp³-hybridized carbons (Fsp3) is 0.148. The quantitative estimate of drug-likeness (QED) is 0.290. The molecule has 0 atom stereocenters. The Morgan fingerprint density at radius 3 is 2.79 bits per heavy atom. The summed E-state index contributed by atoms with van der Waals surface area (Å²) in [5.74, 6) is 0.147. The van der Waals surface area contributed by atoms with Gasteiger partial charge in [-0.2, -0.15) is 14.3 Å². The molecule has 0 spiro atoms. The minimum atomic E-state index is -0.379. The number of nitrogens with zero attached hydrogens (tertiary/aromatic N) is 5. The van der Waals surface area contributed by atoms with E-state index >= 15 is 0 Å². The van der Waals surface area contributed by atoms with Crippen LogP contribution >= 0.6 is 0 Å². The number of carbonyl (C=O) groups excluding carboxylic acids is 2. The van der Waals surface area contributed by atoms with Crippen LogP contribution in [-0.2, 0) is 4.79 Å². The summed E-state index contributed by atoms with van der Waals surface area (Å²) < 4.78 is 16.3. The van der Waals surface area contributed by atoms with Gasteiger partial charge in [-0.3, -0.25) is 9.59 Å². The van der Waals surface area contributed by atoms with Gasteiger partial charge in [-0.1, -0.05) is 12.2 Å². The number of nitrogens with one attached hydrogen (secondary N) is 2. The van der Waals surface area contributed by atoms with Crippen LogP contribution in [0.25, 0.3) is 16.9 Å². The molecule has 1 aliphatic rings. The number of pyridine rings is 1. The van der Waals surface area contributed by atoms with E-state index in [-0.39, 0.29) is 30.6 Å². The number of benzene rings is 1. The van der Waals surface area contributed by atoms with Crippen LogP contribution < -0.4 is 20.3 Å². The van der Waals surface area contributed by atoms with Gasteiger partial charge in [0.15, 0.2) is 23.9 Å². The Morgan fingerprint density at radius 1 is 1.18 bits per heavy atom. The molecule has 5 rings (SSSR count). The number of fused-ring (bicyclic) bond motifs is 1. The molecule has 0 saturated heterocycles. The van der Waals surface area contributed by atoms with Gasteiger partial charge < -0.3 is 20.7 Å². The summed E-state index contributed by atoms with van der Waals surface area (Å²) in [5, 5.41) is 21.2. The van der Waals surface area contributed by atoms with Crippen LogP contribution in [-0.4, -0.2) is 39.5 Å². The van der Waals surface area contributed by atoms with E-state index in [1.54, 1.807) is 41.9 Å². The maximum Gasteiger partial charge on any atom is 0.251 e. The lowest BCUT2D eigenvalue weighted by Crippen LogP contribution is -2.39. The molecule has 192 valence electrons. The van der Waals surface area contributed by atoms with Crippen molar-refractivity contribution in [3.63, 3.8) is 0 Å². The molecule has 4 aromatic rings. The third-order valence-electron chi connectivity index (χ3n) is 5.99. The van der Waals surface area contributed by atoms with Crippen molar-refractivity contribution in [1.29, 1.82) is 0 Å². The second-order valence-electron chi connectivity index (χ2n) is 8.63. The van der Waals surface area contributed by atoms with Crippen molar-refractivity contribution in [3.8, 4) is 11.3 Å². The SMILES string of the molecule is Cc1cc(-c2nc3cccnn3c2N2CC=CC=C2NC(=O)CCNC(=O)c2cc[n+]([O-])cc2)ccc1F. The minimum Gasteiger partial charge on any atom is -0.619 e. The zero-order chi connectivity index (χ0) is 26.6. The summed E-state index contributed by atoms with van der Waals surface area (Å²) in [6.07, 6.45) is 9.68. The molecule has 1 aromatic carbocycles. The second-order valence-corrected chi connectivity index (χ2v) is 8.63. The number of amides is 2. The van der Waals surface area contributed by atoms with Gasteiger partial charge in [-0.05, 0) is 48.9 Å². The third kappa shape index (κ3) is 5.07. The number of rotatable bonds is 7. The second kappa shape index (κ2) is 10.5. The van der Waals surface area contributed by atoms with Crippen molar-refractivity contribution in [3.05, 3.63) is 107 Å². The molecule has 38 heavy (non-hydrogen) atoms. The summed E-state index contributed by atoms with van der Waals surface area (Å²) in [4.78, 5) is 31.7. The number of anilines is 1. The van der Waals surface area contributed by atoms with E-state index in [0.717, 1.165) is 5.56 Å². The first-order valence-electron chi connectivity index (χ1n) is 11.9. The van der Waals surface area contributed by atoms with Gasteiger partial charge in [0, 0.05) is 43.4 Å². The molecule has 1 aliphatic heterocycles. The first-order valence-corrected chi connectivity index (χ1v) is 11.9. The largest absolute Gasteiger partial charge is 0.619 e. The summed E-state index contributed by atoms with van der Waals surface area (Å²) in [7, 11) is 0. The van der Waals surface area contributed by atoms with E-state index in [0.29, 0.717) is 45.4 Å². The van der Waals surface area contributed by atoms with Crippen molar-refractivity contribution in [1.82, 2.24) is 25.2 Å². The lowest BCUT2D eigenvalue weighted by atomic mass is 10.1. The van der Waals surface area contributed by atoms with E-state index < -0.39 is 0 Å². The average Bonchev–Trinajstić information content (AvgIpc) is 3.30. The van der Waals surface area contributed by atoms with Gasteiger partial charge in [0.05, 0.1) is 5.56 Å². The number of aromatic nitrogens is 4. The van der Waals surface area contributed by atoms with E-state index in [4.69, 9.17) is 4.98 Å². The van der Waals surface area contributed by atoms with Crippen LogP contribution in [0, 0.1) is 17.9 Å². The van der Waals surface area contributed by atoms with Crippen molar-refractivity contribution in [2.45, 2.75) is 13.3 Å². The highest BCUT2D eigenvalue weighted by Crippen LogP contribution is 2.34. The van der Waals surface area contributed by atoms with E-state index in [1.165, 1.54) is 30.6 Å². The molecular weight excluding hydrogens is 489 g/mol. The van der Waals surface area contributed by atoms with Crippen LogP contribution in [0.1, 0.15) is 22.3 Å². The lowest BCUT2D eigenvalue weighted by molar-refractivity contribution is -0.605. The Kier molecular flexibility index (Phi) is 6.81. The maximum absolute atomic E-state index is 14.0. The number of imidazole rings is 1. The number of hydrogen-bond acceptors (Lipinski definition) is 6. The summed E-state index contributed by atoms with van der Waals surface area (Å²) in [6, 6.07) is 11.2. The van der Waals surface area contributed by atoms with Gasteiger partial charge >= 0.3 is 0 Å². The first-order chi connectivity index (χ1) is 18.4. The molecule has 2 amide bonds. The minimum absolute atomic E-state index is 0.0322. The first kappa shape index (κ1) is 24.6. The van der Waals surface area contributed by atoms with Gasteiger partial charge in [0.1, 0.15) is 17.3 Å². The van der Waals surface area contributed by atoms with Gasteiger partial charge in [-0.15, -0.1) is 0 Å². The zero-order valence-electron chi connectivity index (χ0n) is 20.5. The van der Waals surface area contributed by atoms with Gasteiger partial charge in [0.2, 0.25) is 5.91 Å². The number of hydrogen-bond donors (Lipinski definition) is 2. The van der Waals surface area contributed by atoms with Crippen molar-refractivity contribution in [2.75, 3.05) is 18.0 Å². The number of halogens is 1. The van der Waals surface area contributed by atoms with Gasteiger partial charge in [0.25, 0.3) is 5.91 Å². The molecule has 2 N–H and O–H groups in total. The van der Waals surface area contributed by atoms with Crippen molar-refractivity contribution >= 4 is 23.3 Å².